The Hall–Kier alpha value is -2.47. The highest BCUT2D eigenvalue weighted by Gasteiger charge is 2.16. The summed E-state index contributed by atoms with van der Waals surface area (Å²) < 4.78 is 10.3. The molecule has 0 aliphatic rings. The van der Waals surface area contributed by atoms with Crippen molar-refractivity contribution in [2.24, 2.45) is 0 Å². The predicted octanol–water partition coefficient (Wildman–Crippen LogP) is 2.59. The number of nitrogens with zero attached hydrogens (tertiary/aromatic N) is 1. The summed E-state index contributed by atoms with van der Waals surface area (Å²) in [5.41, 5.74) is 6.92. The molecule has 1 heterocycles. The Labute approximate surface area is 126 Å². The average Bonchev–Trinajstić information content (AvgIpc) is 2.47. The second-order valence-electron chi connectivity index (χ2n) is 4.11. The van der Waals surface area contributed by atoms with Gasteiger partial charge < -0.3 is 20.5 Å². The van der Waals surface area contributed by atoms with E-state index in [-0.39, 0.29) is 16.4 Å². The van der Waals surface area contributed by atoms with Crippen LogP contribution in [-0.2, 0) is 0 Å². The molecule has 6 nitrogen and oxygen atoms in total. The number of ether oxygens (including phenoxy) is 2. The van der Waals surface area contributed by atoms with Crippen LogP contribution in [0.4, 0.5) is 11.4 Å². The number of benzene rings is 1. The van der Waals surface area contributed by atoms with Gasteiger partial charge in [0.25, 0.3) is 5.91 Å². The Morgan fingerprint density at radius 2 is 2.05 bits per heavy atom. The van der Waals surface area contributed by atoms with Gasteiger partial charge in [0, 0.05) is 18.0 Å². The van der Waals surface area contributed by atoms with Gasteiger partial charge in [-0.3, -0.25) is 4.79 Å². The van der Waals surface area contributed by atoms with Gasteiger partial charge >= 0.3 is 0 Å². The highest BCUT2D eigenvalue weighted by Crippen LogP contribution is 2.31. The number of pyridine rings is 1. The summed E-state index contributed by atoms with van der Waals surface area (Å²) in [6.07, 6.45) is 1.49. The monoisotopic (exact) mass is 307 g/mol. The molecule has 1 aromatic heterocycles. The number of rotatable bonds is 4. The molecule has 0 saturated heterocycles. The van der Waals surface area contributed by atoms with Gasteiger partial charge in [-0.25, -0.2) is 4.98 Å². The van der Waals surface area contributed by atoms with Crippen LogP contribution in [0.1, 0.15) is 10.4 Å². The molecule has 0 aliphatic heterocycles. The fraction of sp³-hybridized carbons (Fsp3) is 0.143. The topological polar surface area (TPSA) is 86.5 Å². The van der Waals surface area contributed by atoms with E-state index >= 15 is 0 Å². The van der Waals surface area contributed by atoms with E-state index in [1.54, 1.807) is 12.1 Å². The molecule has 0 atom stereocenters. The number of aromatic nitrogens is 1. The zero-order valence-corrected chi connectivity index (χ0v) is 12.3. The Bertz CT molecular complexity index is 677. The summed E-state index contributed by atoms with van der Waals surface area (Å²) in [6.45, 7) is 0. The van der Waals surface area contributed by atoms with E-state index in [0.29, 0.717) is 17.2 Å². The van der Waals surface area contributed by atoms with Gasteiger partial charge in [0.05, 0.1) is 25.5 Å². The summed E-state index contributed by atoms with van der Waals surface area (Å²) in [5, 5.41) is 2.97. The largest absolute Gasteiger partial charge is 0.497 e. The van der Waals surface area contributed by atoms with Crippen LogP contribution < -0.4 is 20.5 Å². The Morgan fingerprint density at radius 1 is 1.29 bits per heavy atom. The van der Waals surface area contributed by atoms with Crippen LogP contribution in [0.2, 0.25) is 5.15 Å². The minimum Gasteiger partial charge on any atom is -0.497 e. The van der Waals surface area contributed by atoms with E-state index in [9.17, 15) is 4.79 Å². The van der Waals surface area contributed by atoms with Gasteiger partial charge in [0.1, 0.15) is 16.7 Å². The van der Waals surface area contributed by atoms with Gasteiger partial charge in [-0.1, -0.05) is 11.6 Å². The first-order valence-corrected chi connectivity index (χ1v) is 6.37. The second-order valence-corrected chi connectivity index (χ2v) is 4.50. The van der Waals surface area contributed by atoms with E-state index in [1.807, 2.05) is 0 Å². The molecule has 2 aromatic rings. The number of hydrogen-bond acceptors (Lipinski definition) is 5. The molecule has 1 aromatic carbocycles. The van der Waals surface area contributed by atoms with E-state index in [2.05, 4.69) is 10.3 Å². The molecule has 110 valence electrons. The van der Waals surface area contributed by atoms with E-state index in [4.69, 9.17) is 26.8 Å². The molecule has 0 radical (unpaired) electrons. The molecule has 7 heteroatoms. The van der Waals surface area contributed by atoms with Crippen molar-refractivity contribution in [2.45, 2.75) is 0 Å². The molecular formula is C14H14ClN3O3. The third kappa shape index (κ3) is 3.35. The molecule has 21 heavy (non-hydrogen) atoms. The first kappa shape index (κ1) is 14.9. The van der Waals surface area contributed by atoms with Crippen molar-refractivity contribution < 1.29 is 14.3 Å². The van der Waals surface area contributed by atoms with Crippen molar-refractivity contribution in [1.29, 1.82) is 0 Å². The molecule has 0 spiro atoms. The lowest BCUT2D eigenvalue weighted by molar-refractivity contribution is 0.102. The van der Waals surface area contributed by atoms with Crippen molar-refractivity contribution in [2.75, 3.05) is 25.3 Å². The van der Waals surface area contributed by atoms with Crippen molar-refractivity contribution in [3.05, 3.63) is 41.2 Å². The molecule has 0 unspecified atom stereocenters. The summed E-state index contributed by atoms with van der Waals surface area (Å²) in [4.78, 5) is 16.2. The SMILES string of the molecule is COc1cc(OC)c(N)c(C(=O)Nc2ccnc(Cl)c2)c1. The van der Waals surface area contributed by atoms with E-state index in [1.165, 1.54) is 32.5 Å². The van der Waals surface area contributed by atoms with Crippen molar-refractivity contribution >= 4 is 28.9 Å². The number of hydrogen-bond donors (Lipinski definition) is 2. The van der Waals surface area contributed by atoms with E-state index < -0.39 is 5.91 Å². The smallest absolute Gasteiger partial charge is 0.258 e. The number of halogens is 1. The fourth-order valence-electron chi connectivity index (χ4n) is 1.75. The molecular weight excluding hydrogens is 294 g/mol. The Balaban J connectivity index is 2.34. The van der Waals surface area contributed by atoms with Crippen molar-refractivity contribution in [3.8, 4) is 11.5 Å². The lowest BCUT2D eigenvalue weighted by Gasteiger charge is -2.13. The van der Waals surface area contributed by atoms with Gasteiger partial charge in [0.15, 0.2) is 0 Å². The third-order valence-electron chi connectivity index (χ3n) is 2.80. The maximum Gasteiger partial charge on any atom is 0.258 e. The van der Waals surface area contributed by atoms with Crippen LogP contribution in [0.5, 0.6) is 11.5 Å². The highest BCUT2D eigenvalue weighted by molar-refractivity contribution is 6.29. The number of nitrogens with one attached hydrogen (secondary N) is 1. The molecule has 0 fully saturated rings. The average molecular weight is 308 g/mol. The molecule has 0 bridgehead atoms. The van der Waals surface area contributed by atoms with Crippen LogP contribution in [0, 0.1) is 0 Å². The molecule has 2 rings (SSSR count). The number of carbonyl (C=O) groups is 1. The fourth-order valence-corrected chi connectivity index (χ4v) is 1.93. The van der Waals surface area contributed by atoms with Crippen LogP contribution in [0.25, 0.3) is 0 Å². The van der Waals surface area contributed by atoms with Gasteiger partial charge in [-0.15, -0.1) is 0 Å². The number of amides is 1. The highest BCUT2D eigenvalue weighted by atomic mass is 35.5. The molecule has 0 saturated carbocycles. The minimum atomic E-state index is -0.396. The van der Waals surface area contributed by atoms with Crippen LogP contribution >= 0.6 is 11.6 Å². The first-order valence-electron chi connectivity index (χ1n) is 5.99. The zero-order chi connectivity index (χ0) is 15.4. The van der Waals surface area contributed by atoms with Crippen molar-refractivity contribution in [1.82, 2.24) is 4.98 Å². The normalized spacial score (nSPS) is 10.0. The van der Waals surface area contributed by atoms with Gasteiger partial charge in [0.2, 0.25) is 0 Å². The quantitative estimate of drug-likeness (QED) is 0.669. The maximum atomic E-state index is 12.3. The standard InChI is InChI=1S/C14H14ClN3O3/c1-20-9-6-10(13(16)11(7-9)21-2)14(19)18-8-3-4-17-12(15)5-8/h3-7H,16H2,1-2H3,(H,17,18,19). The second kappa shape index (κ2) is 6.32. The number of nitrogen functional groups attached to an aromatic ring is 1. The van der Waals surface area contributed by atoms with E-state index in [0.717, 1.165) is 0 Å². The Kier molecular flexibility index (Phi) is 4.49. The van der Waals surface area contributed by atoms with Gasteiger partial charge in [-0.2, -0.15) is 0 Å². The number of nitrogens with two attached hydrogens (primary N) is 1. The van der Waals surface area contributed by atoms with Crippen LogP contribution in [-0.4, -0.2) is 25.1 Å². The lowest BCUT2D eigenvalue weighted by Crippen LogP contribution is -2.15. The Morgan fingerprint density at radius 3 is 2.67 bits per heavy atom. The summed E-state index contributed by atoms with van der Waals surface area (Å²) in [6, 6.07) is 6.30. The zero-order valence-electron chi connectivity index (χ0n) is 11.5. The first-order chi connectivity index (χ1) is 10.0. The number of anilines is 2. The number of methoxy groups -OCH3 is 2. The summed E-state index contributed by atoms with van der Waals surface area (Å²) in [7, 11) is 2.96. The summed E-state index contributed by atoms with van der Waals surface area (Å²) >= 11 is 5.77. The number of carbonyl (C=O) groups excluding carboxylic acids is 1. The van der Waals surface area contributed by atoms with Crippen molar-refractivity contribution in [3.63, 3.8) is 0 Å². The minimum absolute atomic E-state index is 0.232. The maximum absolute atomic E-state index is 12.3. The molecule has 0 aliphatic carbocycles. The third-order valence-corrected chi connectivity index (χ3v) is 3.01. The van der Waals surface area contributed by atoms with Crippen LogP contribution in [0.15, 0.2) is 30.5 Å². The lowest BCUT2D eigenvalue weighted by atomic mass is 10.1. The predicted molar refractivity (Wildman–Crippen MR) is 81.2 cm³/mol. The summed E-state index contributed by atoms with van der Waals surface area (Å²) in [5.74, 6) is 0.443. The molecule has 3 N–H and O–H groups in total. The van der Waals surface area contributed by atoms with Gasteiger partial charge in [-0.05, 0) is 18.2 Å². The molecule has 1 amide bonds. The van der Waals surface area contributed by atoms with Crippen LogP contribution in [0.3, 0.4) is 0 Å².